The van der Waals surface area contributed by atoms with E-state index < -0.39 is 32.5 Å². The monoisotopic (exact) mass is 678 g/mol. The number of allylic oxidation sites excluding steroid dienone is 12. The van der Waals surface area contributed by atoms with Crippen molar-refractivity contribution in [2.75, 3.05) is 13.2 Å². The number of phosphoric ester groups is 1. The molecule has 0 aromatic carbocycles. The van der Waals surface area contributed by atoms with E-state index in [9.17, 15) is 14.2 Å². The molecule has 0 aromatic rings. The van der Waals surface area contributed by atoms with Crippen molar-refractivity contribution in [2.24, 2.45) is 0 Å². The fourth-order valence-electron chi connectivity index (χ4n) is 4.32. The highest BCUT2D eigenvalue weighted by molar-refractivity contribution is 7.46. The van der Waals surface area contributed by atoms with E-state index in [1.165, 1.54) is 12.8 Å². The summed E-state index contributed by atoms with van der Waals surface area (Å²) in [5, 5.41) is 0. The van der Waals surface area contributed by atoms with Crippen LogP contribution in [0.5, 0.6) is 0 Å². The summed E-state index contributed by atoms with van der Waals surface area (Å²) in [6, 6.07) is 0. The molecule has 47 heavy (non-hydrogen) atoms. The summed E-state index contributed by atoms with van der Waals surface area (Å²) in [5.74, 6) is -0.959. The second-order valence-electron chi connectivity index (χ2n) is 11.5. The Hall–Kier alpha value is -2.51. The van der Waals surface area contributed by atoms with E-state index in [-0.39, 0.29) is 19.4 Å². The number of hydrogen-bond acceptors (Lipinski definition) is 6. The second-order valence-corrected chi connectivity index (χ2v) is 12.7. The van der Waals surface area contributed by atoms with Crippen molar-refractivity contribution < 1.29 is 37.9 Å². The van der Waals surface area contributed by atoms with Gasteiger partial charge in [0.25, 0.3) is 0 Å². The standard InChI is InChI=1S/C38H63O8P/c1-3-5-7-9-11-13-15-17-19-21-23-25-27-29-31-33-38(40)46-36(35-45-47(41,42)43)34-44-37(39)32-30-28-26-24-22-20-18-16-14-12-10-8-6-4-2/h5,7,10-13,16-19,23,25,36H,3-4,6,8-9,14-15,20-22,24,26-35H2,1-2H3,(H2,41,42,43)/b7-5-,12-10-,13-11-,18-16-,19-17-,25-23-/t36-/m1/s1. The third-order valence-corrected chi connectivity index (χ3v) is 7.44. The fourth-order valence-corrected chi connectivity index (χ4v) is 4.68. The molecule has 0 unspecified atom stereocenters. The summed E-state index contributed by atoms with van der Waals surface area (Å²) in [7, 11) is -4.77. The molecule has 0 radical (unpaired) electrons. The maximum atomic E-state index is 12.3. The highest BCUT2D eigenvalue weighted by Gasteiger charge is 2.22. The zero-order valence-electron chi connectivity index (χ0n) is 29.1. The molecule has 0 aliphatic rings. The molecular weight excluding hydrogens is 615 g/mol. The van der Waals surface area contributed by atoms with Crippen molar-refractivity contribution in [3.63, 3.8) is 0 Å². The molecule has 0 bridgehead atoms. The van der Waals surface area contributed by atoms with E-state index in [4.69, 9.17) is 19.3 Å². The van der Waals surface area contributed by atoms with E-state index in [2.05, 4.69) is 91.3 Å². The summed E-state index contributed by atoms with van der Waals surface area (Å²) < 4.78 is 26.2. The Morgan fingerprint density at radius 3 is 1.57 bits per heavy atom. The predicted octanol–water partition coefficient (Wildman–Crippen LogP) is 10.3. The van der Waals surface area contributed by atoms with Crippen LogP contribution in [-0.2, 0) is 28.2 Å². The third kappa shape index (κ3) is 36.2. The number of unbranched alkanes of at least 4 members (excludes halogenated alkanes) is 9. The van der Waals surface area contributed by atoms with Crippen molar-refractivity contribution in [2.45, 2.75) is 142 Å². The van der Waals surface area contributed by atoms with Crippen LogP contribution in [0.1, 0.15) is 136 Å². The molecule has 0 rings (SSSR count). The molecule has 8 nitrogen and oxygen atoms in total. The van der Waals surface area contributed by atoms with Crippen LogP contribution in [0.2, 0.25) is 0 Å². The minimum Gasteiger partial charge on any atom is -0.462 e. The molecule has 1 atom stereocenters. The normalized spacial score (nSPS) is 13.4. The molecule has 0 aliphatic carbocycles. The molecule has 0 saturated heterocycles. The van der Waals surface area contributed by atoms with Crippen molar-refractivity contribution in [3.8, 4) is 0 Å². The van der Waals surface area contributed by atoms with E-state index >= 15 is 0 Å². The molecule has 0 amide bonds. The zero-order valence-corrected chi connectivity index (χ0v) is 30.0. The smallest absolute Gasteiger partial charge is 0.462 e. The molecule has 268 valence electrons. The molecule has 9 heteroatoms. The van der Waals surface area contributed by atoms with Crippen molar-refractivity contribution in [3.05, 3.63) is 72.9 Å². The number of phosphoric acid groups is 1. The van der Waals surface area contributed by atoms with Gasteiger partial charge in [0.15, 0.2) is 6.10 Å². The summed E-state index contributed by atoms with van der Waals surface area (Å²) in [6.45, 7) is 3.45. The Kier molecular flexibility index (Phi) is 31.6. The number of carbonyl (C=O) groups excluding carboxylic acids is 2. The summed E-state index contributed by atoms with van der Waals surface area (Å²) >= 11 is 0. The van der Waals surface area contributed by atoms with E-state index in [0.717, 1.165) is 83.5 Å². The van der Waals surface area contributed by atoms with Gasteiger partial charge < -0.3 is 19.3 Å². The van der Waals surface area contributed by atoms with Crippen molar-refractivity contribution in [1.29, 1.82) is 0 Å². The van der Waals surface area contributed by atoms with Crippen LogP contribution >= 0.6 is 7.82 Å². The van der Waals surface area contributed by atoms with Crippen molar-refractivity contribution >= 4 is 19.8 Å². The lowest BCUT2D eigenvalue weighted by Gasteiger charge is -2.18. The highest BCUT2D eigenvalue weighted by Crippen LogP contribution is 2.35. The van der Waals surface area contributed by atoms with Gasteiger partial charge in [0, 0.05) is 12.8 Å². The Bertz CT molecular complexity index is 990. The van der Waals surface area contributed by atoms with Gasteiger partial charge in [-0.3, -0.25) is 14.1 Å². The Morgan fingerprint density at radius 2 is 1.02 bits per heavy atom. The predicted molar refractivity (Wildman–Crippen MR) is 193 cm³/mol. The van der Waals surface area contributed by atoms with Crippen LogP contribution < -0.4 is 0 Å². The quantitative estimate of drug-likeness (QED) is 0.0322. The van der Waals surface area contributed by atoms with Gasteiger partial charge in [0.05, 0.1) is 6.61 Å². The number of ether oxygens (including phenoxy) is 2. The van der Waals surface area contributed by atoms with Gasteiger partial charge in [-0.1, -0.05) is 119 Å². The van der Waals surface area contributed by atoms with Crippen LogP contribution in [0, 0.1) is 0 Å². The number of hydrogen-bond donors (Lipinski definition) is 2. The highest BCUT2D eigenvalue weighted by atomic mass is 31.2. The number of rotatable bonds is 31. The maximum Gasteiger partial charge on any atom is 0.469 e. The van der Waals surface area contributed by atoms with Gasteiger partial charge in [-0.05, 0) is 77.0 Å². The van der Waals surface area contributed by atoms with Gasteiger partial charge in [-0.25, -0.2) is 4.57 Å². The first-order valence-electron chi connectivity index (χ1n) is 17.7. The van der Waals surface area contributed by atoms with Crippen LogP contribution in [0.4, 0.5) is 0 Å². The minimum absolute atomic E-state index is 0.153. The molecular formula is C38H63O8P. The van der Waals surface area contributed by atoms with Crippen LogP contribution in [-0.4, -0.2) is 41.0 Å². The lowest BCUT2D eigenvalue weighted by atomic mass is 10.1. The van der Waals surface area contributed by atoms with Crippen LogP contribution in [0.15, 0.2) is 72.9 Å². The summed E-state index contributed by atoms with van der Waals surface area (Å²) in [5.41, 5.74) is 0. The van der Waals surface area contributed by atoms with Crippen molar-refractivity contribution in [1.82, 2.24) is 0 Å². The Balaban J connectivity index is 4.12. The molecule has 0 heterocycles. The molecule has 0 aliphatic heterocycles. The van der Waals surface area contributed by atoms with Crippen LogP contribution in [0.25, 0.3) is 0 Å². The first-order chi connectivity index (χ1) is 22.8. The first kappa shape index (κ1) is 44.5. The lowest BCUT2D eigenvalue weighted by Crippen LogP contribution is -2.29. The minimum atomic E-state index is -4.77. The summed E-state index contributed by atoms with van der Waals surface area (Å²) in [4.78, 5) is 42.6. The Labute approximate surface area is 285 Å². The van der Waals surface area contributed by atoms with Gasteiger partial charge in [0.1, 0.15) is 6.61 Å². The topological polar surface area (TPSA) is 119 Å². The fraction of sp³-hybridized carbons (Fsp3) is 0.632. The van der Waals surface area contributed by atoms with Gasteiger partial charge in [0.2, 0.25) is 0 Å². The molecule has 0 fully saturated rings. The zero-order chi connectivity index (χ0) is 34.7. The molecule has 0 spiro atoms. The number of esters is 2. The molecule has 0 saturated carbocycles. The summed E-state index contributed by atoms with van der Waals surface area (Å²) in [6.07, 6.45) is 41.9. The van der Waals surface area contributed by atoms with Gasteiger partial charge in [-0.15, -0.1) is 0 Å². The van der Waals surface area contributed by atoms with Crippen LogP contribution in [0.3, 0.4) is 0 Å². The number of carbonyl (C=O) groups is 2. The second kappa shape index (κ2) is 33.4. The molecule has 0 aromatic heterocycles. The lowest BCUT2D eigenvalue weighted by molar-refractivity contribution is -0.161. The third-order valence-electron chi connectivity index (χ3n) is 6.96. The van der Waals surface area contributed by atoms with E-state index in [0.29, 0.717) is 12.8 Å². The average molecular weight is 679 g/mol. The maximum absolute atomic E-state index is 12.3. The average Bonchev–Trinajstić information content (AvgIpc) is 3.03. The van der Waals surface area contributed by atoms with Gasteiger partial charge in [-0.2, -0.15) is 0 Å². The SMILES string of the molecule is CC/C=C\C/C=C\C/C=C\C/C=C\CCCCC(=O)O[C@H](COC(=O)CCCCCCC/C=C\C/C=C\CCCC)COP(=O)(O)O. The van der Waals surface area contributed by atoms with E-state index in [1.54, 1.807) is 0 Å². The molecule has 2 N–H and O–H groups in total. The Morgan fingerprint density at radius 1 is 0.574 bits per heavy atom. The first-order valence-corrected chi connectivity index (χ1v) is 19.3. The van der Waals surface area contributed by atoms with Gasteiger partial charge >= 0.3 is 19.8 Å². The van der Waals surface area contributed by atoms with E-state index in [1.807, 2.05) is 0 Å². The largest absolute Gasteiger partial charge is 0.469 e.